The van der Waals surface area contributed by atoms with Crippen molar-refractivity contribution in [2.75, 3.05) is 39.3 Å². The van der Waals surface area contributed by atoms with E-state index in [4.69, 9.17) is 4.74 Å². The summed E-state index contributed by atoms with van der Waals surface area (Å²) in [5, 5.41) is 0. The maximum Gasteiger partial charge on any atom is 0.249 e. The van der Waals surface area contributed by atoms with Gasteiger partial charge in [0.1, 0.15) is 0 Å². The van der Waals surface area contributed by atoms with Crippen molar-refractivity contribution in [3.05, 3.63) is 0 Å². The molecule has 2 heterocycles. The maximum absolute atomic E-state index is 13.0. The van der Waals surface area contributed by atoms with E-state index in [1.807, 2.05) is 0 Å². The fourth-order valence-electron chi connectivity index (χ4n) is 4.07. The molecule has 0 aromatic rings. The summed E-state index contributed by atoms with van der Waals surface area (Å²) >= 11 is 0. The van der Waals surface area contributed by atoms with Crippen LogP contribution in [0.4, 0.5) is 8.78 Å². The summed E-state index contributed by atoms with van der Waals surface area (Å²) in [6.45, 7) is 5.08. The number of ether oxygens (including phenoxy) is 1. The van der Waals surface area contributed by atoms with Gasteiger partial charge in [-0.05, 0) is 18.8 Å². The Balaban J connectivity index is 1.33. The number of hydrogen-bond acceptors (Lipinski definition) is 3. The lowest BCUT2D eigenvalue weighted by molar-refractivity contribution is -0.159. The average molecular weight is 314 g/mol. The zero-order valence-corrected chi connectivity index (χ0v) is 12.8. The molecule has 4 rings (SSSR count). The fraction of sp³-hybridized carbons (Fsp3) is 0.938. The smallest absolute Gasteiger partial charge is 0.249 e. The Morgan fingerprint density at radius 1 is 1.18 bits per heavy atom. The second-order valence-corrected chi connectivity index (χ2v) is 7.58. The van der Waals surface area contributed by atoms with Gasteiger partial charge in [0.05, 0.1) is 12.7 Å². The molecule has 0 N–H and O–H groups in total. The molecule has 4 nitrogen and oxygen atoms in total. The highest BCUT2D eigenvalue weighted by Gasteiger charge is 2.51. The van der Waals surface area contributed by atoms with Crippen molar-refractivity contribution in [3.8, 4) is 0 Å². The van der Waals surface area contributed by atoms with E-state index >= 15 is 0 Å². The van der Waals surface area contributed by atoms with E-state index in [0.717, 1.165) is 32.2 Å². The second kappa shape index (κ2) is 5.41. The van der Waals surface area contributed by atoms with Crippen molar-refractivity contribution in [2.45, 2.75) is 37.7 Å². The van der Waals surface area contributed by atoms with Gasteiger partial charge in [-0.15, -0.1) is 0 Å². The van der Waals surface area contributed by atoms with Crippen LogP contribution < -0.4 is 0 Å². The Kier molecular flexibility index (Phi) is 3.64. The van der Waals surface area contributed by atoms with Crippen LogP contribution in [-0.4, -0.2) is 67.1 Å². The van der Waals surface area contributed by atoms with Crippen LogP contribution in [0.15, 0.2) is 0 Å². The normalized spacial score (nSPS) is 35.8. The van der Waals surface area contributed by atoms with Gasteiger partial charge in [0.2, 0.25) is 11.8 Å². The van der Waals surface area contributed by atoms with Crippen molar-refractivity contribution in [3.63, 3.8) is 0 Å². The van der Waals surface area contributed by atoms with Crippen LogP contribution in [0.25, 0.3) is 0 Å². The molecule has 6 heteroatoms. The van der Waals surface area contributed by atoms with Gasteiger partial charge in [-0.25, -0.2) is 8.78 Å². The molecule has 2 saturated carbocycles. The van der Waals surface area contributed by atoms with Crippen LogP contribution in [0.5, 0.6) is 0 Å². The maximum atomic E-state index is 13.0. The molecule has 2 aliphatic heterocycles. The van der Waals surface area contributed by atoms with Crippen LogP contribution in [0.3, 0.4) is 0 Å². The van der Waals surface area contributed by atoms with Crippen LogP contribution in [0, 0.1) is 17.8 Å². The largest absolute Gasteiger partial charge is 0.375 e. The molecule has 0 radical (unpaired) electrons. The number of fused-ring (bicyclic) bond motifs is 1. The van der Waals surface area contributed by atoms with Gasteiger partial charge < -0.3 is 14.5 Å². The molecular formula is C16H24F2N2O2. The van der Waals surface area contributed by atoms with Gasteiger partial charge >= 0.3 is 0 Å². The van der Waals surface area contributed by atoms with E-state index in [0.29, 0.717) is 19.0 Å². The van der Waals surface area contributed by atoms with Gasteiger partial charge in [0.15, 0.2) is 0 Å². The van der Waals surface area contributed by atoms with Crippen LogP contribution in [-0.2, 0) is 9.53 Å². The van der Waals surface area contributed by atoms with Gasteiger partial charge in [0, 0.05) is 57.4 Å². The van der Waals surface area contributed by atoms with Crippen molar-refractivity contribution in [1.29, 1.82) is 0 Å². The van der Waals surface area contributed by atoms with Crippen molar-refractivity contribution in [1.82, 2.24) is 9.80 Å². The third-order valence-corrected chi connectivity index (χ3v) is 5.58. The van der Waals surface area contributed by atoms with Crippen molar-refractivity contribution < 1.29 is 18.3 Å². The number of carbonyl (C=O) groups is 1. The van der Waals surface area contributed by atoms with E-state index < -0.39 is 11.8 Å². The molecule has 0 aromatic heterocycles. The molecule has 124 valence electrons. The Labute approximate surface area is 129 Å². The SMILES string of the molecule is O=C(C1CC(F)(F)C1)N1C[C@@H]2CN(CC3CC3)CCO[C@@H]2C1. The van der Waals surface area contributed by atoms with E-state index in [1.54, 1.807) is 4.90 Å². The predicted octanol–water partition coefficient (Wildman–Crippen LogP) is 1.60. The minimum atomic E-state index is -2.62. The molecule has 22 heavy (non-hydrogen) atoms. The highest BCUT2D eigenvalue weighted by Crippen LogP contribution is 2.44. The van der Waals surface area contributed by atoms with Gasteiger partial charge in [-0.2, -0.15) is 0 Å². The Hall–Kier alpha value is -0.750. The lowest BCUT2D eigenvalue weighted by Gasteiger charge is -2.36. The van der Waals surface area contributed by atoms with Crippen molar-refractivity contribution >= 4 is 5.91 Å². The molecule has 2 saturated heterocycles. The average Bonchev–Trinajstić information content (AvgIpc) is 3.19. The lowest BCUT2D eigenvalue weighted by atomic mass is 9.80. The molecule has 1 amide bonds. The van der Waals surface area contributed by atoms with E-state index in [-0.39, 0.29) is 24.9 Å². The van der Waals surface area contributed by atoms with Gasteiger partial charge in [-0.1, -0.05) is 0 Å². The highest BCUT2D eigenvalue weighted by molar-refractivity contribution is 5.80. The molecule has 2 atom stereocenters. The van der Waals surface area contributed by atoms with Gasteiger partial charge in [0.25, 0.3) is 0 Å². The predicted molar refractivity (Wildman–Crippen MR) is 76.6 cm³/mol. The summed E-state index contributed by atoms with van der Waals surface area (Å²) in [4.78, 5) is 16.6. The molecule has 0 aromatic carbocycles. The zero-order chi connectivity index (χ0) is 15.3. The first-order valence-electron chi connectivity index (χ1n) is 8.51. The summed E-state index contributed by atoms with van der Waals surface area (Å²) in [5.41, 5.74) is 0. The summed E-state index contributed by atoms with van der Waals surface area (Å²) < 4.78 is 31.9. The Morgan fingerprint density at radius 3 is 2.64 bits per heavy atom. The number of nitrogens with zero attached hydrogens (tertiary/aromatic N) is 2. The Bertz CT molecular complexity index is 447. The number of hydrogen-bond donors (Lipinski definition) is 0. The highest BCUT2D eigenvalue weighted by atomic mass is 19.3. The second-order valence-electron chi connectivity index (χ2n) is 7.58. The number of likely N-dealkylation sites (tertiary alicyclic amines) is 1. The van der Waals surface area contributed by atoms with Crippen molar-refractivity contribution in [2.24, 2.45) is 17.8 Å². The molecular weight excluding hydrogens is 290 g/mol. The molecule has 2 aliphatic carbocycles. The quantitative estimate of drug-likeness (QED) is 0.793. The lowest BCUT2D eigenvalue weighted by Crippen LogP contribution is -2.46. The number of rotatable bonds is 3. The Morgan fingerprint density at radius 2 is 1.95 bits per heavy atom. The van der Waals surface area contributed by atoms with Crippen LogP contribution in [0.2, 0.25) is 0 Å². The summed E-state index contributed by atoms with van der Waals surface area (Å²) in [6, 6.07) is 0. The summed E-state index contributed by atoms with van der Waals surface area (Å²) in [5.74, 6) is -1.99. The standard InChI is InChI=1S/C16H24F2N2O2/c17-16(18)5-12(6-16)15(21)20-9-13-8-19(7-11-1-2-11)3-4-22-14(13)10-20/h11-14H,1-10H2/t13-,14+/m0/s1. The number of alkyl halides is 2. The minimum absolute atomic E-state index is 0.0867. The molecule has 4 fully saturated rings. The summed E-state index contributed by atoms with van der Waals surface area (Å²) in [7, 11) is 0. The molecule has 0 bridgehead atoms. The van der Waals surface area contributed by atoms with E-state index in [2.05, 4.69) is 4.90 Å². The third kappa shape index (κ3) is 3.00. The monoisotopic (exact) mass is 314 g/mol. The van der Waals surface area contributed by atoms with Crippen LogP contribution in [0.1, 0.15) is 25.7 Å². The fourth-order valence-corrected chi connectivity index (χ4v) is 4.07. The van der Waals surface area contributed by atoms with Gasteiger partial charge in [-0.3, -0.25) is 4.79 Å². The molecule has 0 unspecified atom stereocenters. The number of halogens is 2. The zero-order valence-electron chi connectivity index (χ0n) is 12.8. The first kappa shape index (κ1) is 14.8. The van der Waals surface area contributed by atoms with E-state index in [1.165, 1.54) is 12.8 Å². The minimum Gasteiger partial charge on any atom is -0.375 e. The first-order chi connectivity index (χ1) is 10.5. The molecule has 4 aliphatic rings. The van der Waals surface area contributed by atoms with E-state index in [9.17, 15) is 13.6 Å². The summed E-state index contributed by atoms with van der Waals surface area (Å²) in [6.07, 6.45) is 2.23. The number of carbonyl (C=O) groups excluding carboxylic acids is 1. The van der Waals surface area contributed by atoms with Crippen LogP contribution >= 0.6 is 0 Å². The topological polar surface area (TPSA) is 32.8 Å². The third-order valence-electron chi connectivity index (χ3n) is 5.58. The number of amides is 1. The molecule has 0 spiro atoms. The first-order valence-corrected chi connectivity index (χ1v) is 8.51.